The second-order valence-corrected chi connectivity index (χ2v) is 5.63. The van der Waals surface area contributed by atoms with E-state index in [4.69, 9.17) is 4.74 Å². The summed E-state index contributed by atoms with van der Waals surface area (Å²) in [5.74, 6) is 0.666. The zero-order chi connectivity index (χ0) is 17.6. The summed E-state index contributed by atoms with van der Waals surface area (Å²) in [6.07, 6.45) is 1.97. The maximum atomic E-state index is 12.2. The Balaban J connectivity index is 1.59. The SMILES string of the molecule is COc1ccc(CCNC(=O)Cn2ncc(=O)c3ccccc32)cc1. The van der Waals surface area contributed by atoms with Gasteiger partial charge in [0.25, 0.3) is 0 Å². The van der Waals surface area contributed by atoms with Crippen LogP contribution in [0.3, 0.4) is 0 Å². The summed E-state index contributed by atoms with van der Waals surface area (Å²) in [5, 5.41) is 7.50. The van der Waals surface area contributed by atoms with E-state index in [1.54, 1.807) is 30.0 Å². The van der Waals surface area contributed by atoms with Gasteiger partial charge in [-0.1, -0.05) is 24.3 Å². The van der Waals surface area contributed by atoms with Crippen molar-refractivity contribution in [3.63, 3.8) is 0 Å². The molecule has 1 amide bonds. The number of rotatable bonds is 6. The maximum absolute atomic E-state index is 12.2. The molecule has 1 N–H and O–H groups in total. The van der Waals surface area contributed by atoms with Crippen molar-refractivity contribution in [3.05, 3.63) is 70.5 Å². The van der Waals surface area contributed by atoms with Gasteiger partial charge in [-0.15, -0.1) is 0 Å². The fourth-order valence-corrected chi connectivity index (χ4v) is 2.62. The molecule has 0 aliphatic carbocycles. The number of carbonyl (C=O) groups excluding carboxylic acids is 1. The predicted molar refractivity (Wildman–Crippen MR) is 95.7 cm³/mol. The molecule has 0 saturated heterocycles. The van der Waals surface area contributed by atoms with E-state index in [1.165, 1.54) is 6.20 Å². The Morgan fingerprint density at radius 3 is 2.68 bits per heavy atom. The summed E-state index contributed by atoms with van der Waals surface area (Å²) in [7, 11) is 1.63. The third-order valence-electron chi connectivity index (χ3n) is 3.95. The Bertz CT molecular complexity index is 933. The van der Waals surface area contributed by atoms with Gasteiger partial charge in [-0.05, 0) is 36.2 Å². The highest BCUT2D eigenvalue weighted by molar-refractivity contribution is 5.81. The van der Waals surface area contributed by atoms with E-state index in [9.17, 15) is 9.59 Å². The number of nitrogens with zero attached hydrogens (tertiary/aromatic N) is 2. The van der Waals surface area contributed by atoms with Crippen LogP contribution in [0.15, 0.2) is 59.5 Å². The second-order valence-electron chi connectivity index (χ2n) is 5.63. The molecule has 0 aliphatic rings. The third-order valence-corrected chi connectivity index (χ3v) is 3.95. The van der Waals surface area contributed by atoms with Crippen molar-refractivity contribution in [3.8, 4) is 5.75 Å². The smallest absolute Gasteiger partial charge is 0.241 e. The Kier molecular flexibility index (Phi) is 5.09. The number of hydrogen-bond donors (Lipinski definition) is 1. The quantitative estimate of drug-likeness (QED) is 0.744. The highest BCUT2D eigenvalue weighted by Gasteiger charge is 2.07. The molecule has 0 saturated carbocycles. The van der Waals surface area contributed by atoms with Crippen LogP contribution in [0, 0.1) is 0 Å². The van der Waals surface area contributed by atoms with Gasteiger partial charge in [-0.2, -0.15) is 5.10 Å². The topological polar surface area (TPSA) is 73.2 Å². The molecule has 0 bridgehead atoms. The summed E-state index contributed by atoms with van der Waals surface area (Å²) in [6.45, 7) is 0.604. The molecule has 128 valence electrons. The number of amides is 1. The maximum Gasteiger partial charge on any atom is 0.241 e. The minimum Gasteiger partial charge on any atom is -0.497 e. The Morgan fingerprint density at radius 2 is 1.92 bits per heavy atom. The molecular weight excluding hydrogens is 318 g/mol. The molecule has 6 heteroatoms. The van der Waals surface area contributed by atoms with Gasteiger partial charge < -0.3 is 10.1 Å². The first-order valence-corrected chi connectivity index (χ1v) is 8.02. The normalized spacial score (nSPS) is 10.6. The Hall–Kier alpha value is -3.15. The van der Waals surface area contributed by atoms with Crippen LogP contribution in [0.5, 0.6) is 5.75 Å². The Morgan fingerprint density at radius 1 is 1.16 bits per heavy atom. The molecule has 0 atom stereocenters. The van der Waals surface area contributed by atoms with Crippen molar-refractivity contribution in [1.29, 1.82) is 0 Å². The molecule has 2 aromatic carbocycles. The highest BCUT2D eigenvalue weighted by atomic mass is 16.5. The molecule has 0 unspecified atom stereocenters. The van der Waals surface area contributed by atoms with Crippen LogP contribution in [0.4, 0.5) is 0 Å². The molecule has 0 spiro atoms. The lowest BCUT2D eigenvalue weighted by molar-refractivity contribution is -0.121. The van der Waals surface area contributed by atoms with Gasteiger partial charge in [0.05, 0.1) is 18.8 Å². The first kappa shape index (κ1) is 16.7. The average Bonchev–Trinajstić information content (AvgIpc) is 2.65. The number of benzene rings is 2. The fourth-order valence-electron chi connectivity index (χ4n) is 2.62. The predicted octanol–water partition coefficient (Wildman–Crippen LogP) is 1.76. The zero-order valence-electron chi connectivity index (χ0n) is 13.9. The summed E-state index contributed by atoms with van der Waals surface area (Å²) in [5.41, 5.74) is 1.63. The third kappa shape index (κ3) is 4.03. The van der Waals surface area contributed by atoms with Crippen LogP contribution in [0.1, 0.15) is 5.56 Å². The molecule has 0 aliphatic heterocycles. The number of para-hydroxylation sites is 1. The van der Waals surface area contributed by atoms with Crippen molar-refractivity contribution in [2.24, 2.45) is 0 Å². The molecule has 6 nitrogen and oxygen atoms in total. The molecule has 0 radical (unpaired) electrons. The van der Waals surface area contributed by atoms with Gasteiger partial charge in [0.1, 0.15) is 12.3 Å². The first-order valence-electron chi connectivity index (χ1n) is 8.02. The lowest BCUT2D eigenvalue weighted by atomic mass is 10.1. The van der Waals surface area contributed by atoms with Gasteiger partial charge in [-0.3, -0.25) is 14.3 Å². The first-order chi connectivity index (χ1) is 12.2. The number of nitrogens with one attached hydrogen (secondary N) is 1. The Labute approximate surface area is 145 Å². The van der Waals surface area contributed by atoms with Gasteiger partial charge in [0.15, 0.2) is 0 Å². The fraction of sp³-hybridized carbons (Fsp3) is 0.211. The number of ether oxygens (including phenoxy) is 1. The largest absolute Gasteiger partial charge is 0.497 e. The minimum absolute atomic E-state index is 0.0728. The van der Waals surface area contributed by atoms with Crippen LogP contribution >= 0.6 is 0 Å². The molecule has 3 aromatic rings. The molecular formula is C19H19N3O3. The van der Waals surface area contributed by atoms with E-state index in [1.807, 2.05) is 30.3 Å². The number of aromatic nitrogens is 2. The average molecular weight is 337 g/mol. The van der Waals surface area contributed by atoms with Crippen molar-refractivity contribution in [1.82, 2.24) is 15.1 Å². The molecule has 1 aromatic heterocycles. The van der Waals surface area contributed by atoms with E-state index in [-0.39, 0.29) is 17.9 Å². The second kappa shape index (κ2) is 7.61. The summed E-state index contributed by atoms with van der Waals surface area (Å²) in [6, 6.07) is 14.9. The summed E-state index contributed by atoms with van der Waals surface area (Å²) < 4.78 is 6.66. The standard InChI is InChI=1S/C19H19N3O3/c1-25-15-8-6-14(7-9-15)10-11-20-19(24)13-22-17-5-3-2-4-16(17)18(23)12-21-22/h2-9,12H,10-11,13H2,1H3,(H,20,24). The number of carbonyl (C=O) groups is 1. The molecule has 0 fully saturated rings. The van der Waals surface area contributed by atoms with Crippen molar-refractivity contribution in [2.45, 2.75) is 13.0 Å². The number of hydrogen-bond acceptors (Lipinski definition) is 4. The van der Waals surface area contributed by atoms with Crippen molar-refractivity contribution >= 4 is 16.8 Å². The van der Waals surface area contributed by atoms with Crippen LogP contribution in [-0.2, 0) is 17.8 Å². The highest BCUT2D eigenvalue weighted by Crippen LogP contribution is 2.11. The van der Waals surface area contributed by atoms with Gasteiger partial charge in [0.2, 0.25) is 11.3 Å². The van der Waals surface area contributed by atoms with E-state index >= 15 is 0 Å². The minimum atomic E-state index is -0.147. The summed E-state index contributed by atoms with van der Waals surface area (Å²) in [4.78, 5) is 24.0. The van der Waals surface area contributed by atoms with Gasteiger partial charge in [-0.25, -0.2) is 0 Å². The van der Waals surface area contributed by atoms with Crippen molar-refractivity contribution < 1.29 is 9.53 Å². The number of fused-ring (bicyclic) bond motifs is 1. The molecule has 3 rings (SSSR count). The monoisotopic (exact) mass is 337 g/mol. The van der Waals surface area contributed by atoms with E-state index in [0.29, 0.717) is 17.4 Å². The lowest BCUT2D eigenvalue weighted by Gasteiger charge is -2.10. The van der Waals surface area contributed by atoms with Gasteiger partial charge >= 0.3 is 0 Å². The van der Waals surface area contributed by atoms with Crippen LogP contribution in [0.2, 0.25) is 0 Å². The molecule has 1 heterocycles. The molecule has 25 heavy (non-hydrogen) atoms. The summed E-state index contributed by atoms with van der Waals surface area (Å²) >= 11 is 0. The van der Waals surface area contributed by atoms with Crippen LogP contribution < -0.4 is 15.5 Å². The number of methoxy groups -OCH3 is 1. The van der Waals surface area contributed by atoms with Gasteiger partial charge in [0, 0.05) is 11.9 Å². The van der Waals surface area contributed by atoms with Crippen LogP contribution in [0.25, 0.3) is 10.9 Å². The van der Waals surface area contributed by atoms with Crippen molar-refractivity contribution in [2.75, 3.05) is 13.7 Å². The van der Waals surface area contributed by atoms with Crippen LogP contribution in [-0.4, -0.2) is 29.3 Å². The van der Waals surface area contributed by atoms with E-state index in [0.717, 1.165) is 17.7 Å². The van der Waals surface area contributed by atoms with E-state index in [2.05, 4.69) is 10.4 Å². The zero-order valence-corrected chi connectivity index (χ0v) is 13.9. The lowest BCUT2D eigenvalue weighted by Crippen LogP contribution is -2.30. The van der Waals surface area contributed by atoms with E-state index < -0.39 is 0 Å².